The van der Waals surface area contributed by atoms with E-state index < -0.39 is 17.9 Å². The lowest BCUT2D eigenvalue weighted by molar-refractivity contribution is -0.137. The monoisotopic (exact) mass is 1450 g/mol. The molecule has 3 fully saturated rings. The number of carbonyl (C=O) groups excluding carboxylic acids is 3. The zero-order chi connectivity index (χ0) is 78.4. The lowest BCUT2D eigenvalue weighted by Crippen LogP contribution is -2.49. The molecule has 15 nitrogen and oxygen atoms in total. The molecule has 7 rings (SSSR count). The molecule has 3 aromatic carbocycles. The van der Waals surface area contributed by atoms with Crippen LogP contribution in [0.5, 0.6) is 17.2 Å². The average Bonchev–Trinajstić information content (AvgIpc) is 0.888. The first-order chi connectivity index (χ1) is 54.5. The molecule has 3 aliphatic carbocycles. The van der Waals surface area contributed by atoms with Crippen LogP contribution in [0.15, 0.2) is 36.4 Å². The molecule has 6 bridgehead atoms. The van der Waals surface area contributed by atoms with Gasteiger partial charge in [0.1, 0.15) is 35.6 Å². The zero-order valence-corrected chi connectivity index (χ0v) is 60.3. The van der Waals surface area contributed by atoms with E-state index in [0.29, 0.717) is 50.1 Å². The molecule has 6 atom stereocenters. The Kier molecular flexibility index (Phi) is 37.5. The Morgan fingerprint density at radius 2 is 0.423 bits per heavy atom. The zero-order valence-electron chi connectivity index (χ0n) is 60.3. The summed E-state index contributed by atoms with van der Waals surface area (Å²) in [4.78, 5) is 40.4. The van der Waals surface area contributed by atoms with Crippen LogP contribution in [-0.2, 0) is 87.1 Å². The van der Waals surface area contributed by atoms with Crippen molar-refractivity contribution in [2.75, 3.05) is 0 Å². The Bertz CT molecular complexity index is 5040. The van der Waals surface area contributed by atoms with Gasteiger partial charge < -0.3 is 61.4 Å². The van der Waals surface area contributed by atoms with Crippen molar-refractivity contribution >= 4 is 17.9 Å². The second-order valence-electron chi connectivity index (χ2n) is 24.1. The standard InChI is InChI=1S/C96H66N6O9/c1-4-7-10-13-16-19-22-25-28-31-34-37-40-49-58-109-91(103)67-76-61-79-70-97-85-52-43-45-54-87(85)99-72-81-63-77(68-92(104)110-59-50-41-38-35-32-29-26-23-20-17-14-11-8-5-2)65-83(95(81)107)74-101-89-56-47-48-57-90(89)102-75-84-66-78(69-93(105)111-60-51-42-39-36-33-30-27-24-21-18-15-12-9-6-3)64-82(96(84)108)73-100-88-55-46-44-53-86(88)98-71-80(62-76)94(79)106/h1-3,61-66,85-90,97-102,106-108H,43-48,52-57,67-75H2. The Balaban J connectivity index is 1.17. The Labute approximate surface area is 651 Å². The predicted octanol–water partition coefficient (Wildman–Crippen LogP) is 4.79. The van der Waals surface area contributed by atoms with Gasteiger partial charge in [-0.1, -0.05) is 74.9 Å². The highest BCUT2D eigenvalue weighted by Gasteiger charge is 2.30. The van der Waals surface area contributed by atoms with E-state index in [1.54, 1.807) is 36.4 Å². The summed E-state index contributed by atoms with van der Waals surface area (Å²) in [5.41, 5.74) is 5.02. The Morgan fingerprint density at radius 3 is 0.586 bits per heavy atom. The number of aromatic hydroxyl groups is 3. The number of carbonyl (C=O) groups is 3. The normalized spacial score (nSPS) is 16.2. The summed E-state index contributed by atoms with van der Waals surface area (Å²) < 4.78 is 15.9. The molecule has 111 heavy (non-hydrogen) atoms. The van der Waals surface area contributed by atoms with Gasteiger partial charge in [-0.15, -0.1) is 19.3 Å². The average molecular weight is 1450 g/mol. The van der Waals surface area contributed by atoms with E-state index in [1.165, 1.54) is 0 Å². The van der Waals surface area contributed by atoms with E-state index in [2.05, 4.69) is 299 Å². The number of hydrogen-bond donors (Lipinski definition) is 9. The molecule has 3 aromatic rings. The van der Waals surface area contributed by atoms with E-state index in [-0.39, 0.29) is 112 Å². The second-order valence-corrected chi connectivity index (χ2v) is 24.1. The third-order valence-corrected chi connectivity index (χ3v) is 16.8. The van der Waals surface area contributed by atoms with Gasteiger partial charge in [0.15, 0.2) is 0 Å². The maximum atomic E-state index is 13.5. The maximum Gasteiger partial charge on any atom is 0.324 e. The van der Waals surface area contributed by atoms with Crippen LogP contribution in [0.25, 0.3) is 0 Å². The molecule has 0 amide bonds. The topological polar surface area (TPSA) is 212 Å². The van der Waals surface area contributed by atoms with Gasteiger partial charge in [0, 0.05) is 233 Å². The fraction of sp³-hybridized carbons (Fsp3) is 0.281. The minimum atomic E-state index is -0.657. The molecule has 0 aromatic heterocycles. The van der Waals surface area contributed by atoms with Crippen molar-refractivity contribution in [3.05, 3.63) is 86.5 Å². The Hall–Kier alpha value is -15.3. The van der Waals surface area contributed by atoms with Gasteiger partial charge >= 0.3 is 17.9 Å². The highest BCUT2D eigenvalue weighted by molar-refractivity contribution is 5.76. The molecule has 15 heteroatoms. The molecule has 3 saturated carbocycles. The minimum absolute atomic E-state index is 0.0500. The van der Waals surface area contributed by atoms with Gasteiger partial charge in [-0.2, -0.15) is 0 Å². The number of hydrogen-bond acceptors (Lipinski definition) is 15. The molecular formula is C96H66N6O9. The molecule has 0 radical (unpaired) electrons. The number of benzene rings is 3. The molecule has 0 saturated heterocycles. The van der Waals surface area contributed by atoms with Gasteiger partial charge in [0.05, 0.1) is 19.3 Å². The number of fused-ring (bicyclic) bond motifs is 9. The minimum Gasteiger partial charge on any atom is -0.507 e. The summed E-state index contributed by atoms with van der Waals surface area (Å²) >= 11 is 0. The first-order valence-corrected chi connectivity index (χ1v) is 34.9. The first kappa shape index (κ1) is 82.9. The second kappa shape index (κ2) is 50.2. The third-order valence-electron chi connectivity index (χ3n) is 16.8. The van der Waals surface area contributed by atoms with Crippen LogP contribution in [0.2, 0.25) is 0 Å². The van der Waals surface area contributed by atoms with Gasteiger partial charge in [0.2, 0.25) is 0 Å². The molecule has 1 aliphatic heterocycles. The van der Waals surface area contributed by atoms with Crippen molar-refractivity contribution in [1.82, 2.24) is 31.9 Å². The summed E-state index contributed by atoms with van der Waals surface area (Å²) in [5.74, 6) is 102. The van der Waals surface area contributed by atoms with Crippen LogP contribution in [0, 0.1) is 286 Å². The molecule has 4 aliphatic rings. The summed E-state index contributed by atoms with van der Waals surface area (Å²) in [5, 5.41) is 59.1. The van der Waals surface area contributed by atoms with Gasteiger partial charge in [-0.3, -0.25) is 14.4 Å². The SMILES string of the molecule is C#CC#CC#CC#CC#CC#CC#CC#COC(=O)Cc1cc2c(O)c(c1)CNC1CCCCC1NCc1cc(CC(=O)OC#CC#CC#CC#CC#CC#CC#CC#C)cc(c1O)CNC1CCCCC1NCc1cc(CC(=O)OC#CC#CC#CC#CC#CC#CC#CC#C)cc(c1O)CNC1CCCCC1NC2. The quantitative estimate of drug-likeness (QED) is 0.0924. The maximum absolute atomic E-state index is 13.5. The molecule has 0 spiro atoms. The van der Waals surface area contributed by atoms with Crippen molar-refractivity contribution in [3.8, 4) is 303 Å². The van der Waals surface area contributed by atoms with Crippen LogP contribution >= 0.6 is 0 Å². The van der Waals surface area contributed by atoms with Gasteiger partial charge in [-0.05, 0) is 180 Å². The smallest absolute Gasteiger partial charge is 0.324 e. The molecule has 6 unspecified atom stereocenters. The van der Waals surface area contributed by atoms with E-state index in [1.807, 2.05) is 0 Å². The van der Waals surface area contributed by atoms with Crippen LogP contribution in [0.4, 0.5) is 0 Å². The number of terminal acetylenes is 3. The lowest BCUT2D eigenvalue weighted by atomic mass is 9.89. The van der Waals surface area contributed by atoms with E-state index in [9.17, 15) is 29.7 Å². The van der Waals surface area contributed by atoms with Crippen molar-refractivity contribution < 1.29 is 43.9 Å². The lowest BCUT2D eigenvalue weighted by Gasteiger charge is -2.34. The largest absolute Gasteiger partial charge is 0.507 e. The van der Waals surface area contributed by atoms with Gasteiger partial charge in [0.25, 0.3) is 0 Å². The number of ether oxygens (including phenoxy) is 3. The molecular weight excluding hydrogens is 1380 g/mol. The van der Waals surface area contributed by atoms with Gasteiger partial charge in [-0.25, -0.2) is 0 Å². The Morgan fingerprint density at radius 1 is 0.270 bits per heavy atom. The van der Waals surface area contributed by atoms with Crippen LogP contribution in [0.1, 0.15) is 127 Å². The van der Waals surface area contributed by atoms with Crippen molar-refractivity contribution in [1.29, 1.82) is 0 Å². The number of rotatable bonds is 6. The summed E-state index contributed by atoms with van der Waals surface area (Å²) in [7, 11) is 0. The molecule has 1 heterocycles. The van der Waals surface area contributed by atoms with Crippen LogP contribution in [-0.4, -0.2) is 69.5 Å². The highest BCUT2D eigenvalue weighted by atomic mass is 16.5. The fourth-order valence-corrected chi connectivity index (χ4v) is 12.0. The number of nitrogens with one attached hydrogen (secondary N) is 6. The molecule has 534 valence electrons. The molecule has 9 N–H and O–H groups in total. The fourth-order valence-electron chi connectivity index (χ4n) is 12.0. The third kappa shape index (κ3) is 32.3. The number of esters is 3. The summed E-state index contributed by atoms with van der Waals surface area (Å²) in [6.45, 7) is 1.36. The van der Waals surface area contributed by atoms with E-state index in [4.69, 9.17) is 33.5 Å². The van der Waals surface area contributed by atoms with Crippen molar-refractivity contribution in [2.24, 2.45) is 0 Å². The predicted molar refractivity (Wildman–Crippen MR) is 423 cm³/mol. The first-order valence-electron chi connectivity index (χ1n) is 34.9. The van der Waals surface area contributed by atoms with Crippen molar-refractivity contribution in [3.63, 3.8) is 0 Å². The van der Waals surface area contributed by atoms with E-state index >= 15 is 0 Å². The number of phenols is 3. The highest BCUT2D eigenvalue weighted by Crippen LogP contribution is 2.32. The van der Waals surface area contributed by atoms with E-state index in [0.717, 1.165) is 77.0 Å². The van der Waals surface area contributed by atoms with Crippen molar-refractivity contribution in [2.45, 2.75) is 172 Å². The summed E-state index contributed by atoms with van der Waals surface area (Å²) in [6, 6.07) is 10.1. The summed E-state index contributed by atoms with van der Waals surface area (Å²) in [6.07, 6.45) is 32.1. The number of phenolic OH excluding ortho intramolecular Hbond substituents is 3. The van der Waals surface area contributed by atoms with Crippen LogP contribution in [0.3, 0.4) is 0 Å². The van der Waals surface area contributed by atoms with Crippen LogP contribution < -0.4 is 31.9 Å².